The molecule has 1 heterocycles. The van der Waals surface area contributed by atoms with Crippen molar-refractivity contribution < 1.29 is 31.1 Å². The molecule has 0 bridgehead atoms. The number of aromatic nitrogens is 1. The number of carbonyl (C=O) groups excluding carboxylic acids is 1. The number of pyridine rings is 1. The van der Waals surface area contributed by atoms with Crippen molar-refractivity contribution in [2.45, 2.75) is 38.2 Å². The summed E-state index contributed by atoms with van der Waals surface area (Å²) >= 11 is 0. The molecule has 0 spiro atoms. The predicted molar refractivity (Wildman–Crippen MR) is 140 cm³/mol. The van der Waals surface area contributed by atoms with Crippen LogP contribution in [0, 0.1) is 13.8 Å². The average molecular weight is 558 g/mol. The minimum atomic E-state index is -4.66. The molecule has 0 aliphatic carbocycles. The van der Waals surface area contributed by atoms with E-state index in [0.717, 1.165) is 23.8 Å². The lowest BCUT2D eigenvalue weighted by molar-refractivity contribution is -0.138. The zero-order valence-electron chi connectivity index (χ0n) is 21.5. The van der Waals surface area contributed by atoms with Crippen molar-refractivity contribution in [1.29, 1.82) is 0 Å². The number of alkyl halides is 6. The Bertz CT molecular complexity index is 1480. The number of carbonyl (C=O) groups is 1. The Morgan fingerprint density at radius 3 is 2.10 bits per heavy atom. The topological polar surface area (TPSA) is 54.0 Å². The Morgan fingerprint density at radius 1 is 0.775 bits per heavy atom. The largest absolute Gasteiger partial charge is 0.416 e. The average Bonchev–Trinajstić information content (AvgIpc) is 2.89. The quantitative estimate of drug-likeness (QED) is 0.236. The highest BCUT2D eigenvalue weighted by Gasteiger charge is 2.40. The molecule has 0 fully saturated rings. The van der Waals surface area contributed by atoms with Gasteiger partial charge in [-0.1, -0.05) is 54.6 Å². The summed E-state index contributed by atoms with van der Waals surface area (Å²) in [6.07, 6.45) is -7.77. The second kappa shape index (κ2) is 11.0. The fraction of sp³-hybridized carbons (Fsp3) is 0.200. The van der Waals surface area contributed by atoms with E-state index in [1.54, 1.807) is 49.4 Å². The molecule has 1 atom stereocenters. The van der Waals surface area contributed by atoms with Crippen molar-refractivity contribution >= 4 is 11.7 Å². The van der Waals surface area contributed by atoms with Gasteiger partial charge in [-0.15, -0.1) is 0 Å². The minimum Gasteiger partial charge on any atom is -0.322 e. The number of urea groups is 1. The lowest BCUT2D eigenvalue weighted by Crippen LogP contribution is -2.50. The van der Waals surface area contributed by atoms with E-state index in [1.165, 1.54) is 37.4 Å². The van der Waals surface area contributed by atoms with E-state index in [4.69, 9.17) is 0 Å². The third-order valence-corrected chi connectivity index (χ3v) is 6.47. The number of anilines is 1. The van der Waals surface area contributed by atoms with Crippen molar-refractivity contribution in [2.24, 2.45) is 0 Å². The molecule has 0 aliphatic rings. The predicted octanol–water partition coefficient (Wildman–Crippen LogP) is 8.04. The van der Waals surface area contributed by atoms with E-state index >= 15 is 0 Å². The first-order chi connectivity index (χ1) is 18.8. The van der Waals surface area contributed by atoms with Crippen molar-refractivity contribution in [3.05, 3.63) is 130 Å². The van der Waals surface area contributed by atoms with Crippen LogP contribution in [0.2, 0.25) is 0 Å². The van der Waals surface area contributed by atoms with Crippen LogP contribution in [0.25, 0.3) is 0 Å². The van der Waals surface area contributed by atoms with Crippen LogP contribution < -0.4 is 10.6 Å². The van der Waals surface area contributed by atoms with E-state index in [1.807, 2.05) is 0 Å². The number of aryl methyl sites for hydroxylation is 2. The van der Waals surface area contributed by atoms with Gasteiger partial charge in [0, 0.05) is 18.3 Å². The first-order valence-electron chi connectivity index (χ1n) is 12.2. The molecule has 40 heavy (non-hydrogen) atoms. The molecule has 1 aromatic heterocycles. The molecule has 0 radical (unpaired) electrons. The van der Waals surface area contributed by atoms with E-state index < -0.39 is 35.0 Å². The van der Waals surface area contributed by atoms with Gasteiger partial charge in [0.15, 0.2) is 0 Å². The van der Waals surface area contributed by atoms with Crippen LogP contribution in [0.15, 0.2) is 91.1 Å². The number of nitrogens with one attached hydrogen (secondary N) is 2. The third-order valence-electron chi connectivity index (χ3n) is 6.47. The SMILES string of the molecule is Cc1ccc(C(Cc2ccccc2)(NC(=O)Nc2ccc(C)c(C(F)(F)F)c2)c2cccc(C(F)(F)F)c2)nc1. The number of rotatable bonds is 6. The summed E-state index contributed by atoms with van der Waals surface area (Å²) in [5.74, 6) is 0. The number of hydrogen-bond donors (Lipinski definition) is 2. The molecule has 4 aromatic rings. The van der Waals surface area contributed by atoms with Crippen LogP contribution in [0.4, 0.5) is 36.8 Å². The van der Waals surface area contributed by atoms with Crippen LogP contribution in [-0.4, -0.2) is 11.0 Å². The van der Waals surface area contributed by atoms with Crippen LogP contribution in [0.1, 0.15) is 39.1 Å². The summed E-state index contributed by atoms with van der Waals surface area (Å²) in [4.78, 5) is 17.9. The van der Waals surface area contributed by atoms with Gasteiger partial charge >= 0.3 is 18.4 Å². The first-order valence-corrected chi connectivity index (χ1v) is 12.2. The molecule has 0 aliphatic heterocycles. The number of amides is 2. The van der Waals surface area contributed by atoms with Crippen molar-refractivity contribution in [1.82, 2.24) is 10.3 Å². The van der Waals surface area contributed by atoms with Crippen LogP contribution in [-0.2, 0) is 24.3 Å². The maximum atomic E-state index is 13.7. The molecular weight excluding hydrogens is 532 g/mol. The summed E-state index contributed by atoms with van der Waals surface area (Å²) < 4.78 is 81.6. The number of hydrogen-bond acceptors (Lipinski definition) is 2. The minimum absolute atomic E-state index is 0.000328. The van der Waals surface area contributed by atoms with Crippen molar-refractivity contribution in [3.63, 3.8) is 0 Å². The second-order valence-electron chi connectivity index (χ2n) is 9.47. The lowest BCUT2D eigenvalue weighted by Gasteiger charge is -2.36. The Labute approximate surface area is 227 Å². The Hall–Kier alpha value is -4.34. The molecular formula is C30H25F6N3O. The number of halogens is 6. The monoisotopic (exact) mass is 557 g/mol. The van der Waals surface area contributed by atoms with Gasteiger partial charge in [-0.3, -0.25) is 4.98 Å². The number of benzene rings is 3. The zero-order chi connectivity index (χ0) is 29.1. The van der Waals surface area contributed by atoms with Crippen LogP contribution in [0.5, 0.6) is 0 Å². The van der Waals surface area contributed by atoms with Gasteiger partial charge < -0.3 is 10.6 Å². The Morgan fingerprint density at radius 2 is 1.48 bits per heavy atom. The smallest absolute Gasteiger partial charge is 0.322 e. The maximum absolute atomic E-state index is 13.7. The fourth-order valence-electron chi connectivity index (χ4n) is 4.47. The Balaban J connectivity index is 1.85. The first kappa shape index (κ1) is 28.7. The highest BCUT2D eigenvalue weighted by molar-refractivity contribution is 5.90. The van der Waals surface area contributed by atoms with Crippen LogP contribution >= 0.6 is 0 Å². The molecule has 4 rings (SSSR count). The Kier molecular flexibility index (Phi) is 7.91. The number of nitrogens with zero attached hydrogens (tertiary/aromatic N) is 1. The molecule has 10 heteroatoms. The van der Waals surface area contributed by atoms with Gasteiger partial charge in [0.25, 0.3) is 0 Å². The van der Waals surface area contributed by atoms with E-state index in [0.29, 0.717) is 5.56 Å². The van der Waals surface area contributed by atoms with Gasteiger partial charge in [0.05, 0.1) is 16.8 Å². The van der Waals surface area contributed by atoms with Gasteiger partial charge in [0.2, 0.25) is 0 Å². The molecule has 0 saturated heterocycles. The summed E-state index contributed by atoms with van der Waals surface area (Å²) in [5.41, 5.74) is -1.83. The second-order valence-corrected chi connectivity index (χ2v) is 9.47. The van der Waals surface area contributed by atoms with Gasteiger partial charge in [-0.25, -0.2) is 4.79 Å². The van der Waals surface area contributed by atoms with E-state index in [2.05, 4.69) is 15.6 Å². The molecule has 2 amide bonds. The third kappa shape index (κ3) is 6.44. The van der Waals surface area contributed by atoms with Gasteiger partial charge in [-0.2, -0.15) is 26.3 Å². The molecule has 1 unspecified atom stereocenters. The van der Waals surface area contributed by atoms with Crippen molar-refractivity contribution in [3.8, 4) is 0 Å². The van der Waals surface area contributed by atoms with Gasteiger partial charge in [0.1, 0.15) is 5.54 Å². The summed E-state index contributed by atoms with van der Waals surface area (Å²) in [5, 5.41) is 5.19. The van der Waals surface area contributed by atoms with E-state index in [-0.39, 0.29) is 28.9 Å². The summed E-state index contributed by atoms with van der Waals surface area (Å²) in [7, 11) is 0. The van der Waals surface area contributed by atoms with E-state index in [9.17, 15) is 31.1 Å². The van der Waals surface area contributed by atoms with Crippen LogP contribution in [0.3, 0.4) is 0 Å². The molecule has 4 nitrogen and oxygen atoms in total. The standard InChI is InChI=1S/C30H25F6N3O/c1-19-11-14-26(37-18-19)28(17-21-7-4-3-5-8-21,22-9-6-10-23(15-22)29(31,32)33)39-27(40)38-24-13-12-20(2)25(16-24)30(34,35)36/h3-16,18H,17H2,1-2H3,(H2,38,39,40). The highest BCUT2D eigenvalue weighted by Crippen LogP contribution is 2.37. The highest BCUT2D eigenvalue weighted by atomic mass is 19.4. The maximum Gasteiger partial charge on any atom is 0.416 e. The lowest BCUT2D eigenvalue weighted by atomic mass is 9.80. The summed E-state index contributed by atoms with van der Waals surface area (Å²) in [6.45, 7) is 3.09. The zero-order valence-corrected chi connectivity index (χ0v) is 21.5. The molecule has 208 valence electrons. The normalized spacial score (nSPS) is 13.4. The fourth-order valence-corrected chi connectivity index (χ4v) is 4.47. The van der Waals surface area contributed by atoms with Crippen molar-refractivity contribution in [2.75, 3.05) is 5.32 Å². The summed E-state index contributed by atoms with van der Waals surface area (Å²) in [6, 6.07) is 19.1. The molecule has 2 N–H and O–H groups in total. The molecule has 3 aromatic carbocycles. The van der Waals surface area contributed by atoms with Gasteiger partial charge in [-0.05, 0) is 66.4 Å². The molecule has 0 saturated carbocycles.